The van der Waals surface area contributed by atoms with Crippen molar-refractivity contribution in [1.82, 2.24) is 14.8 Å². The Hall–Kier alpha value is -1.49. The molecule has 2 aromatic rings. The number of rotatable bonds is 3. The van der Waals surface area contributed by atoms with Gasteiger partial charge in [0.2, 0.25) is 5.13 Å². The summed E-state index contributed by atoms with van der Waals surface area (Å²) in [6.45, 7) is 8.66. The van der Waals surface area contributed by atoms with Crippen LogP contribution in [0.2, 0.25) is 0 Å². The average molecular weight is 303 g/mol. The van der Waals surface area contributed by atoms with E-state index in [-0.39, 0.29) is 11.2 Å². The fourth-order valence-corrected chi connectivity index (χ4v) is 3.96. The van der Waals surface area contributed by atoms with Gasteiger partial charge in [-0.15, -0.1) is 10.2 Å². The molecule has 2 aromatic heterocycles. The number of fused-ring (bicyclic) bond motifs is 1. The van der Waals surface area contributed by atoms with Gasteiger partial charge >= 0.3 is 0 Å². The number of hydrogen-bond acceptors (Lipinski definition) is 4. The Morgan fingerprint density at radius 2 is 2.10 bits per heavy atom. The highest BCUT2D eigenvalue weighted by atomic mass is 32.1. The lowest BCUT2D eigenvalue weighted by Crippen LogP contribution is -2.27. The van der Waals surface area contributed by atoms with Crippen LogP contribution in [0.5, 0.6) is 0 Å². The Bertz CT molecular complexity index is 682. The summed E-state index contributed by atoms with van der Waals surface area (Å²) in [5.74, 6) is 0.816. The Kier molecular flexibility index (Phi) is 3.48. The SMILES string of the molecule is CC(C)Cc1nnc(-n2ccc3c2CC(C)(C)CC3=O)s1. The monoisotopic (exact) mass is 303 g/mol. The molecule has 0 amide bonds. The minimum absolute atomic E-state index is 0.0195. The van der Waals surface area contributed by atoms with Crippen molar-refractivity contribution in [3.63, 3.8) is 0 Å². The van der Waals surface area contributed by atoms with Crippen LogP contribution in [0, 0.1) is 11.3 Å². The molecule has 0 aliphatic heterocycles. The Labute approximate surface area is 129 Å². The standard InChI is InChI=1S/C16H21N3OS/c1-10(2)7-14-17-18-15(21-14)19-6-5-11-12(19)8-16(3,4)9-13(11)20/h5-6,10H,7-9H2,1-4H3. The number of nitrogens with zero attached hydrogens (tertiary/aromatic N) is 3. The highest BCUT2D eigenvalue weighted by Gasteiger charge is 2.33. The predicted octanol–water partition coefficient (Wildman–Crippen LogP) is 3.68. The first-order valence-corrected chi connectivity index (χ1v) is 8.23. The number of hydrogen-bond donors (Lipinski definition) is 0. The van der Waals surface area contributed by atoms with Crippen LogP contribution in [0.1, 0.15) is 55.2 Å². The average Bonchev–Trinajstić information content (AvgIpc) is 2.93. The summed E-state index contributed by atoms with van der Waals surface area (Å²) in [5.41, 5.74) is 1.96. The molecule has 0 N–H and O–H groups in total. The molecule has 1 aliphatic carbocycles. The second-order valence-corrected chi connectivity index (χ2v) is 8.10. The molecule has 0 aromatic carbocycles. The molecule has 0 fully saturated rings. The van der Waals surface area contributed by atoms with E-state index >= 15 is 0 Å². The minimum Gasteiger partial charge on any atom is -0.295 e. The van der Waals surface area contributed by atoms with Crippen LogP contribution in [0.3, 0.4) is 0 Å². The lowest BCUT2D eigenvalue weighted by Gasteiger charge is -2.29. The molecule has 0 saturated carbocycles. The van der Waals surface area contributed by atoms with Gasteiger partial charge in [-0.2, -0.15) is 0 Å². The van der Waals surface area contributed by atoms with Crippen molar-refractivity contribution in [2.24, 2.45) is 11.3 Å². The lowest BCUT2D eigenvalue weighted by molar-refractivity contribution is 0.0911. The van der Waals surface area contributed by atoms with Crippen molar-refractivity contribution in [3.8, 4) is 5.13 Å². The normalized spacial score (nSPS) is 17.3. The molecule has 21 heavy (non-hydrogen) atoms. The summed E-state index contributed by atoms with van der Waals surface area (Å²) < 4.78 is 2.05. The maximum atomic E-state index is 12.3. The third-order valence-electron chi connectivity index (χ3n) is 3.82. The second kappa shape index (κ2) is 5.05. The smallest absolute Gasteiger partial charge is 0.216 e. The topological polar surface area (TPSA) is 47.8 Å². The second-order valence-electron chi connectivity index (χ2n) is 7.06. The van der Waals surface area contributed by atoms with Gasteiger partial charge in [-0.3, -0.25) is 9.36 Å². The van der Waals surface area contributed by atoms with Crippen molar-refractivity contribution in [1.29, 1.82) is 0 Å². The van der Waals surface area contributed by atoms with Gasteiger partial charge in [0.05, 0.1) is 0 Å². The molecule has 5 heteroatoms. The third-order valence-corrected chi connectivity index (χ3v) is 4.77. The maximum Gasteiger partial charge on any atom is 0.216 e. The highest BCUT2D eigenvalue weighted by Crippen LogP contribution is 2.36. The Morgan fingerprint density at radius 3 is 2.81 bits per heavy atom. The third kappa shape index (κ3) is 2.79. The molecule has 3 rings (SSSR count). The molecular formula is C16H21N3OS. The van der Waals surface area contributed by atoms with Crippen LogP contribution in [0.15, 0.2) is 12.3 Å². The van der Waals surface area contributed by atoms with Crippen LogP contribution in [-0.4, -0.2) is 20.5 Å². The molecule has 0 saturated heterocycles. The molecule has 4 nitrogen and oxygen atoms in total. The maximum absolute atomic E-state index is 12.3. The summed E-state index contributed by atoms with van der Waals surface area (Å²) >= 11 is 1.62. The molecule has 0 bridgehead atoms. The fourth-order valence-electron chi connectivity index (χ4n) is 2.90. The highest BCUT2D eigenvalue weighted by molar-refractivity contribution is 7.13. The molecule has 112 valence electrons. The number of ketones is 1. The first kappa shape index (κ1) is 14.4. The number of Topliss-reactive ketones (excluding diaryl/α,β-unsaturated/α-hetero) is 1. The molecule has 0 spiro atoms. The van der Waals surface area contributed by atoms with Crippen molar-refractivity contribution in [3.05, 3.63) is 28.5 Å². The van der Waals surface area contributed by atoms with Crippen molar-refractivity contribution >= 4 is 17.1 Å². The van der Waals surface area contributed by atoms with E-state index in [1.807, 2.05) is 12.3 Å². The summed E-state index contributed by atoms with van der Waals surface area (Å²) in [7, 11) is 0. The van der Waals surface area contributed by atoms with Gasteiger partial charge in [0.1, 0.15) is 5.01 Å². The Balaban J connectivity index is 1.98. The number of carbonyl (C=O) groups is 1. The first-order valence-electron chi connectivity index (χ1n) is 7.42. The van der Waals surface area contributed by atoms with E-state index in [0.717, 1.165) is 34.2 Å². The van der Waals surface area contributed by atoms with E-state index in [9.17, 15) is 4.79 Å². The summed E-state index contributed by atoms with van der Waals surface area (Å²) in [4.78, 5) is 12.3. The van der Waals surface area contributed by atoms with E-state index in [1.165, 1.54) is 0 Å². The zero-order valence-corrected chi connectivity index (χ0v) is 13.8. The Morgan fingerprint density at radius 1 is 1.33 bits per heavy atom. The van der Waals surface area contributed by atoms with E-state index in [4.69, 9.17) is 0 Å². The van der Waals surface area contributed by atoms with Crippen LogP contribution >= 0.6 is 11.3 Å². The van der Waals surface area contributed by atoms with Gasteiger partial charge in [0.15, 0.2) is 5.78 Å². The number of aromatic nitrogens is 3. The molecule has 1 aliphatic rings. The molecule has 2 heterocycles. The molecule has 0 unspecified atom stereocenters. The van der Waals surface area contributed by atoms with Crippen molar-refractivity contribution in [2.75, 3.05) is 0 Å². The summed E-state index contributed by atoms with van der Waals surface area (Å²) in [5, 5.41) is 10.5. The van der Waals surface area contributed by atoms with Crippen LogP contribution in [0.25, 0.3) is 5.13 Å². The van der Waals surface area contributed by atoms with Crippen LogP contribution in [0.4, 0.5) is 0 Å². The summed E-state index contributed by atoms with van der Waals surface area (Å²) in [6, 6.07) is 1.93. The largest absolute Gasteiger partial charge is 0.295 e. The predicted molar refractivity (Wildman–Crippen MR) is 84.2 cm³/mol. The molecular weight excluding hydrogens is 282 g/mol. The zero-order valence-electron chi connectivity index (χ0n) is 13.0. The molecule has 0 atom stereocenters. The zero-order chi connectivity index (χ0) is 15.2. The van der Waals surface area contributed by atoms with Crippen molar-refractivity contribution in [2.45, 2.75) is 47.0 Å². The van der Waals surface area contributed by atoms with Crippen LogP contribution < -0.4 is 0 Å². The van der Waals surface area contributed by atoms with Crippen LogP contribution in [-0.2, 0) is 12.8 Å². The lowest BCUT2D eigenvalue weighted by atomic mass is 9.76. The van der Waals surface area contributed by atoms with E-state index in [0.29, 0.717) is 12.3 Å². The van der Waals surface area contributed by atoms with Gasteiger partial charge in [0, 0.05) is 30.3 Å². The number of carbonyl (C=O) groups excluding carboxylic acids is 1. The van der Waals surface area contributed by atoms with Gasteiger partial charge in [-0.1, -0.05) is 39.0 Å². The van der Waals surface area contributed by atoms with E-state index in [1.54, 1.807) is 11.3 Å². The van der Waals surface area contributed by atoms with Gasteiger partial charge in [-0.05, 0) is 23.8 Å². The van der Waals surface area contributed by atoms with Gasteiger partial charge < -0.3 is 0 Å². The molecule has 0 radical (unpaired) electrons. The van der Waals surface area contributed by atoms with Gasteiger partial charge in [0.25, 0.3) is 0 Å². The quantitative estimate of drug-likeness (QED) is 0.869. The van der Waals surface area contributed by atoms with E-state index in [2.05, 4.69) is 42.5 Å². The van der Waals surface area contributed by atoms with E-state index < -0.39 is 0 Å². The first-order chi connectivity index (χ1) is 9.85. The summed E-state index contributed by atoms with van der Waals surface area (Å²) in [6.07, 6.45) is 4.44. The van der Waals surface area contributed by atoms with Crippen molar-refractivity contribution < 1.29 is 4.79 Å². The minimum atomic E-state index is 0.0195. The fraction of sp³-hybridized carbons (Fsp3) is 0.562. The van der Waals surface area contributed by atoms with Gasteiger partial charge in [-0.25, -0.2) is 0 Å².